The molecule has 1 aliphatic heterocycles. The number of carboxylic acid groups (broad SMARTS) is 1. The first-order chi connectivity index (χ1) is 10.0. The Morgan fingerprint density at radius 2 is 2.05 bits per heavy atom. The lowest BCUT2D eigenvalue weighted by Gasteiger charge is -2.21. The molecule has 0 aromatic heterocycles. The van der Waals surface area contributed by atoms with Crippen molar-refractivity contribution in [1.82, 2.24) is 10.2 Å². The number of rotatable bonds is 4. The smallest absolute Gasteiger partial charge is 0.326 e. The summed E-state index contributed by atoms with van der Waals surface area (Å²) in [5, 5.41) is 11.6. The number of nitrogens with zero attached hydrogens (tertiary/aromatic N) is 1. The maximum absolute atomic E-state index is 12.0. The van der Waals surface area contributed by atoms with Crippen LogP contribution in [-0.4, -0.2) is 46.9 Å². The number of hydrogen-bond acceptors (Lipinski definition) is 3. The minimum absolute atomic E-state index is 0.204. The fourth-order valence-corrected chi connectivity index (χ4v) is 2.78. The first-order valence-electron chi connectivity index (χ1n) is 6.55. The van der Waals surface area contributed by atoms with E-state index in [1.54, 1.807) is 24.3 Å². The molecule has 7 heteroatoms. The lowest BCUT2D eigenvalue weighted by atomic mass is 10.2. The standard InChI is InChI=1S/C14H15BrN2O4/c15-10-5-2-1-4-9(10)13(19)16-8-12(18)17-7-3-6-11(17)14(20)21/h1-2,4-5,11H,3,6-8H2,(H,16,19)(H,20,21). The van der Waals surface area contributed by atoms with E-state index >= 15 is 0 Å². The molecular formula is C14H15BrN2O4. The predicted octanol–water partition coefficient (Wildman–Crippen LogP) is 1.25. The number of halogens is 1. The highest BCUT2D eigenvalue weighted by Gasteiger charge is 2.33. The highest BCUT2D eigenvalue weighted by atomic mass is 79.9. The second kappa shape index (κ2) is 6.71. The molecule has 2 amide bonds. The van der Waals surface area contributed by atoms with E-state index < -0.39 is 12.0 Å². The fourth-order valence-electron chi connectivity index (χ4n) is 2.32. The summed E-state index contributed by atoms with van der Waals surface area (Å²) in [6.45, 7) is 0.213. The van der Waals surface area contributed by atoms with Crippen molar-refractivity contribution >= 4 is 33.7 Å². The third kappa shape index (κ3) is 3.60. The molecule has 0 spiro atoms. The summed E-state index contributed by atoms with van der Waals surface area (Å²) < 4.78 is 0.638. The van der Waals surface area contributed by atoms with Crippen LogP contribution >= 0.6 is 15.9 Å². The molecule has 1 saturated heterocycles. The Bertz CT molecular complexity index is 576. The zero-order valence-electron chi connectivity index (χ0n) is 11.2. The second-order valence-corrected chi connectivity index (χ2v) is 5.60. The summed E-state index contributed by atoms with van der Waals surface area (Å²) in [6, 6.07) is 6.10. The molecule has 0 aliphatic carbocycles. The van der Waals surface area contributed by atoms with Crippen LogP contribution in [0.4, 0.5) is 0 Å². The van der Waals surface area contributed by atoms with Gasteiger partial charge in [0.2, 0.25) is 5.91 Å². The summed E-state index contributed by atoms with van der Waals surface area (Å²) in [7, 11) is 0. The predicted molar refractivity (Wildman–Crippen MR) is 78.8 cm³/mol. The Morgan fingerprint density at radius 1 is 1.33 bits per heavy atom. The highest BCUT2D eigenvalue weighted by molar-refractivity contribution is 9.10. The maximum atomic E-state index is 12.0. The summed E-state index contributed by atoms with van der Waals surface area (Å²) in [5.74, 6) is -1.75. The van der Waals surface area contributed by atoms with E-state index in [9.17, 15) is 14.4 Å². The average Bonchev–Trinajstić information content (AvgIpc) is 2.94. The number of benzene rings is 1. The molecule has 112 valence electrons. The molecule has 2 rings (SSSR count). The van der Waals surface area contributed by atoms with Crippen LogP contribution in [0, 0.1) is 0 Å². The Hall–Kier alpha value is -1.89. The van der Waals surface area contributed by atoms with E-state index in [4.69, 9.17) is 5.11 Å². The molecule has 1 aliphatic rings. The molecule has 1 unspecified atom stereocenters. The van der Waals surface area contributed by atoms with Gasteiger partial charge in [0.15, 0.2) is 0 Å². The van der Waals surface area contributed by atoms with Crippen molar-refractivity contribution in [3.8, 4) is 0 Å². The number of carbonyl (C=O) groups excluding carboxylic acids is 2. The van der Waals surface area contributed by atoms with Crippen molar-refractivity contribution in [3.05, 3.63) is 34.3 Å². The second-order valence-electron chi connectivity index (χ2n) is 4.75. The van der Waals surface area contributed by atoms with E-state index in [1.165, 1.54) is 4.90 Å². The van der Waals surface area contributed by atoms with Crippen molar-refractivity contribution in [2.24, 2.45) is 0 Å². The van der Waals surface area contributed by atoms with Crippen LogP contribution in [0.15, 0.2) is 28.7 Å². The van der Waals surface area contributed by atoms with Gasteiger partial charge >= 0.3 is 5.97 Å². The van der Waals surface area contributed by atoms with Crippen LogP contribution in [0.1, 0.15) is 23.2 Å². The number of hydrogen-bond donors (Lipinski definition) is 2. The number of carbonyl (C=O) groups is 3. The van der Waals surface area contributed by atoms with Gasteiger partial charge in [-0.1, -0.05) is 12.1 Å². The van der Waals surface area contributed by atoms with Crippen LogP contribution in [-0.2, 0) is 9.59 Å². The van der Waals surface area contributed by atoms with Crippen molar-refractivity contribution < 1.29 is 19.5 Å². The topological polar surface area (TPSA) is 86.7 Å². The van der Waals surface area contributed by atoms with Gasteiger partial charge in [0.05, 0.1) is 12.1 Å². The van der Waals surface area contributed by atoms with Crippen molar-refractivity contribution in [2.45, 2.75) is 18.9 Å². The van der Waals surface area contributed by atoms with Crippen LogP contribution in [0.25, 0.3) is 0 Å². The molecule has 1 atom stereocenters. The largest absolute Gasteiger partial charge is 0.480 e. The number of amides is 2. The zero-order chi connectivity index (χ0) is 15.4. The van der Waals surface area contributed by atoms with Gasteiger partial charge in [-0.2, -0.15) is 0 Å². The van der Waals surface area contributed by atoms with E-state index in [-0.39, 0.29) is 18.4 Å². The molecule has 1 aromatic rings. The normalized spacial score (nSPS) is 17.6. The molecular weight excluding hydrogens is 340 g/mol. The van der Waals surface area contributed by atoms with Gasteiger partial charge in [-0.3, -0.25) is 9.59 Å². The number of aliphatic carboxylic acids is 1. The molecule has 1 heterocycles. The SMILES string of the molecule is O=C(NCC(=O)N1CCCC1C(=O)O)c1ccccc1Br. The summed E-state index contributed by atoms with van der Waals surface area (Å²) in [6.07, 6.45) is 1.13. The third-order valence-corrected chi connectivity index (χ3v) is 4.07. The fraction of sp³-hybridized carbons (Fsp3) is 0.357. The summed E-state index contributed by atoms with van der Waals surface area (Å²) in [5.41, 5.74) is 0.432. The Kier molecular flexibility index (Phi) is 4.95. The Balaban J connectivity index is 1.94. The molecule has 1 aromatic carbocycles. The van der Waals surface area contributed by atoms with Gasteiger partial charge in [0, 0.05) is 11.0 Å². The highest BCUT2D eigenvalue weighted by Crippen LogP contribution is 2.18. The van der Waals surface area contributed by atoms with Gasteiger partial charge in [-0.25, -0.2) is 4.79 Å². The first-order valence-corrected chi connectivity index (χ1v) is 7.35. The van der Waals surface area contributed by atoms with E-state index in [2.05, 4.69) is 21.2 Å². The molecule has 1 fully saturated rings. The number of likely N-dealkylation sites (tertiary alicyclic amines) is 1. The molecule has 0 saturated carbocycles. The summed E-state index contributed by atoms with van der Waals surface area (Å²) in [4.78, 5) is 36.3. The van der Waals surface area contributed by atoms with Crippen LogP contribution in [0.3, 0.4) is 0 Å². The van der Waals surface area contributed by atoms with Gasteiger partial charge in [0.1, 0.15) is 6.04 Å². The van der Waals surface area contributed by atoms with Crippen LogP contribution < -0.4 is 5.32 Å². The quantitative estimate of drug-likeness (QED) is 0.851. The van der Waals surface area contributed by atoms with Gasteiger partial charge in [-0.15, -0.1) is 0 Å². The van der Waals surface area contributed by atoms with Crippen LogP contribution in [0.2, 0.25) is 0 Å². The number of nitrogens with one attached hydrogen (secondary N) is 1. The number of carboxylic acids is 1. The molecule has 21 heavy (non-hydrogen) atoms. The molecule has 0 radical (unpaired) electrons. The first kappa shape index (κ1) is 15.5. The van der Waals surface area contributed by atoms with Crippen molar-refractivity contribution in [2.75, 3.05) is 13.1 Å². The van der Waals surface area contributed by atoms with Gasteiger partial charge < -0.3 is 15.3 Å². The van der Waals surface area contributed by atoms with Crippen molar-refractivity contribution in [3.63, 3.8) is 0 Å². The molecule has 0 bridgehead atoms. The van der Waals surface area contributed by atoms with Gasteiger partial charge in [-0.05, 0) is 40.9 Å². The minimum Gasteiger partial charge on any atom is -0.480 e. The maximum Gasteiger partial charge on any atom is 0.326 e. The van der Waals surface area contributed by atoms with E-state index in [0.29, 0.717) is 29.4 Å². The lowest BCUT2D eigenvalue weighted by Crippen LogP contribution is -2.45. The summed E-state index contributed by atoms with van der Waals surface area (Å²) >= 11 is 3.26. The monoisotopic (exact) mass is 354 g/mol. The third-order valence-electron chi connectivity index (χ3n) is 3.38. The molecule has 6 nitrogen and oxygen atoms in total. The van der Waals surface area contributed by atoms with Crippen molar-refractivity contribution in [1.29, 1.82) is 0 Å². The van der Waals surface area contributed by atoms with Crippen LogP contribution in [0.5, 0.6) is 0 Å². The van der Waals surface area contributed by atoms with E-state index in [1.807, 2.05) is 0 Å². The Labute approximate surface area is 130 Å². The zero-order valence-corrected chi connectivity index (χ0v) is 12.8. The Morgan fingerprint density at radius 3 is 2.71 bits per heavy atom. The lowest BCUT2D eigenvalue weighted by molar-refractivity contribution is -0.147. The molecule has 2 N–H and O–H groups in total. The van der Waals surface area contributed by atoms with Gasteiger partial charge in [0.25, 0.3) is 5.91 Å². The average molecular weight is 355 g/mol. The minimum atomic E-state index is -1.00. The van der Waals surface area contributed by atoms with E-state index in [0.717, 1.165) is 0 Å².